The second-order valence-corrected chi connectivity index (χ2v) is 5.24. The van der Waals surface area contributed by atoms with Gasteiger partial charge in [-0.2, -0.15) is 0 Å². The Morgan fingerprint density at radius 2 is 2.24 bits per heavy atom. The molecule has 0 fully saturated rings. The molecule has 0 saturated carbocycles. The summed E-state index contributed by atoms with van der Waals surface area (Å²) in [5.74, 6) is 3.35. The zero-order valence-corrected chi connectivity index (χ0v) is 12.6. The van der Waals surface area contributed by atoms with Gasteiger partial charge in [0.2, 0.25) is 0 Å². The molecule has 0 aliphatic rings. The number of benzene rings is 1. The lowest BCUT2D eigenvalue weighted by molar-refractivity contribution is -0.385. The maximum atomic E-state index is 11.1. The Morgan fingerprint density at radius 1 is 1.48 bits per heavy atom. The highest BCUT2D eigenvalue weighted by atomic mass is 16.6. The number of rotatable bonds is 9. The van der Waals surface area contributed by atoms with Gasteiger partial charge in [-0.15, -0.1) is 12.3 Å². The zero-order chi connectivity index (χ0) is 15.7. The molecule has 0 aromatic heterocycles. The summed E-state index contributed by atoms with van der Waals surface area (Å²) >= 11 is 0. The highest BCUT2D eigenvalue weighted by Crippen LogP contribution is 2.28. The average Bonchev–Trinajstić information content (AvgIpc) is 2.44. The van der Waals surface area contributed by atoms with E-state index in [4.69, 9.17) is 11.2 Å². The summed E-state index contributed by atoms with van der Waals surface area (Å²) in [5.41, 5.74) is 0.873. The number of nitrogens with zero attached hydrogens (tertiary/aromatic N) is 1. The molecular weight excluding hydrogens is 268 g/mol. The fourth-order valence-corrected chi connectivity index (χ4v) is 1.80. The summed E-state index contributed by atoms with van der Waals surface area (Å²) in [6.07, 6.45) is 6.44. The average molecular weight is 290 g/mol. The van der Waals surface area contributed by atoms with Crippen molar-refractivity contribution in [3.05, 3.63) is 33.9 Å². The second-order valence-electron chi connectivity index (χ2n) is 5.24. The third-order valence-electron chi connectivity index (χ3n) is 2.82. The summed E-state index contributed by atoms with van der Waals surface area (Å²) < 4.78 is 5.44. The van der Waals surface area contributed by atoms with Crippen LogP contribution >= 0.6 is 0 Å². The number of ether oxygens (including phenoxy) is 1. The van der Waals surface area contributed by atoms with E-state index in [9.17, 15) is 10.1 Å². The number of terminal acetylenes is 1. The van der Waals surface area contributed by atoms with Crippen LogP contribution in [0.5, 0.6) is 5.75 Å². The first-order chi connectivity index (χ1) is 10.0. The van der Waals surface area contributed by atoms with Gasteiger partial charge < -0.3 is 10.1 Å². The monoisotopic (exact) mass is 290 g/mol. The second kappa shape index (κ2) is 8.98. The molecule has 0 spiro atoms. The Hall–Kier alpha value is -2.06. The van der Waals surface area contributed by atoms with Gasteiger partial charge in [-0.05, 0) is 30.5 Å². The number of nitro groups is 1. The molecule has 1 aromatic rings. The fraction of sp³-hybridized carbons (Fsp3) is 0.500. The van der Waals surface area contributed by atoms with Crippen LogP contribution in [0, 0.1) is 28.4 Å². The molecule has 5 nitrogen and oxygen atoms in total. The Morgan fingerprint density at radius 3 is 2.86 bits per heavy atom. The molecule has 0 atom stereocenters. The van der Waals surface area contributed by atoms with E-state index in [1.807, 2.05) is 6.07 Å². The van der Waals surface area contributed by atoms with Crippen LogP contribution < -0.4 is 10.1 Å². The van der Waals surface area contributed by atoms with Crippen LogP contribution in [0.1, 0.15) is 32.3 Å². The van der Waals surface area contributed by atoms with Gasteiger partial charge >= 0.3 is 5.69 Å². The highest BCUT2D eigenvalue weighted by molar-refractivity contribution is 5.48. The maximum absolute atomic E-state index is 11.1. The SMILES string of the molecule is C#CCCCOc1ccc(CNCC(C)C)cc1[N+](=O)[O-]. The number of hydrogen-bond donors (Lipinski definition) is 1. The molecule has 0 bridgehead atoms. The van der Waals surface area contributed by atoms with Gasteiger partial charge in [0, 0.05) is 19.0 Å². The van der Waals surface area contributed by atoms with E-state index in [-0.39, 0.29) is 5.69 Å². The van der Waals surface area contributed by atoms with E-state index >= 15 is 0 Å². The molecule has 0 amide bonds. The van der Waals surface area contributed by atoms with Crippen molar-refractivity contribution in [2.24, 2.45) is 5.92 Å². The van der Waals surface area contributed by atoms with Crippen LogP contribution in [0.15, 0.2) is 18.2 Å². The third kappa shape index (κ3) is 6.28. The van der Waals surface area contributed by atoms with Crippen LogP contribution in [0.25, 0.3) is 0 Å². The lowest BCUT2D eigenvalue weighted by Gasteiger charge is -2.09. The molecule has 114 valence electrons. The van der Waals surface area contributed by atoms with E-state index in [0.29, 0.717) is 37.7 Å². The van der Waals surface area contributed by atoms with E-state index < -0.39 is 4.92 Å². The lowest BCUT2D eigenvalue weighted by Crippen LogP contribution is -2.19. The molecule has 5 heteroatoms. The van der Waals surface area contributed by atoms with E-state index in [1.54, 1.807) is 12.1 Å². The molecule has 0 radical (unpaired) electrons. The van der Waals surface area contributed by atoms with Crippen LogP contribution in [0.4, 0.5) is 5.69 Å². The molecule has 0 heterocycles. The third-order valence-corrected chi connectivity index (χ3v) is 2.82. The normalized spacial score (nSPS) is 10.4. The molecule has 21 heavy (non-hydrogen) atoms. The number of nitro benzene ring substituents is 1. The Balaban J connectivity index is 2.68. The van der Waals surface area contributed by atoms with Gasteiger partial charge in [0.05, 0.1) is 11.5 Å². The lowest BCUT2D eigenvalue weighted by atomic mass is 10.1. The summed E-state index contributed by atoms with van der Waals surface area (Å²) in [7, 11) is 0. The topological polar surface area (TPSA) is 64.4 Å². The quantitative estimate of drug-likeness (QED) is 0.328. The van der Waals surface area contributed by atoms with Crippen molar-refractivity contribution in [3.8, 4) is 18.1 Å². The molecule has 1 rings (SSSR count). The van der Waals surface area contributed by atoms with Crippen molar-refractivity contribution in [2.75, 3.05) is 13.2 Å². The first-order valence-corrected chi connectivity index (χ1v) is 7.09. The zero-order valence-electron chi connectivity index (χ0n) is 12.6. The Bertz CT molecular complexity index is 507. The molecule has 0 unspecified atom stereocenters. The Kier molecular flexibility index (Phi) is 7.27. The highest BCUT2D eigenvalue weighted by Gasteiger charge is 2.15. The molecule has 1 N–H and O–H groups in total. The van der Waals surface area contributed by atoms with Gasteiger partial charge in [-0.3, -0.25) is 10.1 Å². The number of nitrogens with one attached hydrogen (secondary N) is 1. The molecule has 0 saturated heterocycles. The smallest absolute Gasteiger partial charge is 0.311 e. The van der Waals surface area contributed by atoms with Gasteiger partial charge in [0.15, 0.2) is 5.75 Å². The van der Waals surface area contributed by atoms with Crippen molar-refractivity contribution in [3.63, 3.8) is 0 Å². The van der Waals surface area contributed by atoms with Crippen molar-refractivity contribution in [2.45, 2.75) is 33.2 Å². The van der Waals surface area contributed by atoms with Crippen molar-refractivity contribution in [1.82, 2.24) is 5.32 Å². The van der Waals surface area contributed by atoms with E-state index in [2.05, 4.69) is 25.1 Å². The van der Waals surface area contributed by atoms with Gasteiger partial charge in [0.1, 0.15) is 0 Å². The first-order valence-electron chi connectivity index (χ1n) is 7.09. The summed E-state index contributed by atoms with van der Waals surface area (Å²) in [6, 6.07) is 5.06. The maximum Gasteiger partial charge on any atom is 0.311 e. The predicted octanol–water partition coefficient (Wildman–Crippen LogP) is 3.13. The van der Waals surface area contributed by atoms with Crippen LogP contribution in [0.2, 0.25) is 0 Å². The number of unbranched alkanes of at least 4 members (excludes halogenated alkanes) is 1. The minimum Gasteiger partial charge on any atom is -0.487 e. The first kappa shape index (κ1) is 17.0. The summed E-state index contributed by atoms with van der Waals surface area (Å²) in [4.78, 5) is 10.7. The number of hydrogen-bond acceptors (Lipinski definition) is 4. The van der Waals surface area contributed by atoms with Gasteiger partial charge in [-0.25, -0.2) is 0 Å². The van der Waals surface area contributed by atoms with Gasteiger partial charge in [0.25, 0.3) is 0 Å². The molecule has 1 aromatic carbocycles. The summed E-state index contributed by atoms with van der Waals surface area (Å²) in [6.45, 7) is 6.09. The standard InChI is InChI=1S/C16H22N2O3/c1-4-5-6-9-21-16-8-7-14(10-15(16)18(19)20)12-17-11-13(2)3/h1,7-8,10,13,17H,5-6,9,11-12H2,2-3H3. The van der Waals surface area contributed by atoms with Crippen molar-refractivity contribution >= 4 is 5.69 Å². The van der Waals surface area contributed by atoms with Crippen LogP contribution in [-0.4, -0.2) is 18.1 Å². The molecule has 0 aliphatic carbocycles. The largest absolute Gasteiger partial charge is 0.487 e. The Labute approximate surface area is 125 Å². The van der Waals surface area contributed by atoms with Gasteiger partial charge in [-0.1, -0.05) is 19.9 Å². The molecule has 0 aliphatic heterocycles. The van der Waals surface area contributed by atoms with E-state index in [1.165, 1.54) is 0 Å². The van der Waals surface area contributed by atoms with Crippen molar-refractivity contribution < 1.29 is 9.66 Å². The van der Waals surface area contributed by atoms with Crippen LogP contribution in [0.3, 0.4) is 0 Å². The fourth-order valence-electron chi connectivity index (χ4n) is 1.80. The molecular formula is C16H22N2O3. The van der Waals surface area contributed by atoms with Crippen molar-refractivity contribution in [1.29, 1.82) is 0 Å². The van der Waals surface area contributed by atoms with Crippen LogP contribution in [-0.2, 0) is 6.54 Å². The predicted molar refractivity (Wildman–Crippen MR) is 83.2 cm³/mol. The minimum absolute atomic E-state index is 0.000412. The van der Waals surface area contributed by atoms with E-state index in [0.717, 1.165) is 12.1 Å². The minimum atomic E-state index is -0.414. The summed E-state index contributed by atoms with van der Waals surface area (Å²) in [5, 5.41) is 14.4.